The standard InChI is InChI=1S/C13H14INO3S/c1-3-15-12(8-6-11(14)19-7-8)9-4-5-10(18-9)13(16)17-2/h4-7,12,15H,3H2,1-2H3. The molecule has 19 heavy (non-hydrogen) atoms. The molecule has 1 atom stereocenters. The summed E-state index contributed by atoms with van der Waals surface area (Å²) in [7, 11) is 1.34. The van der Waals surface area contributed by atoms with Crippen LogP contribution in [-0.4, -0.2) is 19.6 Å². The van der Waals surface area contributed by atoms with E-state index < -0.39 is 5.97 Å². The fraction of sp³-hybridized carbons (Fsp3) is 0.308. The van der Waals surface area contributed by atoms with Crippen LogP contribution in [-0.2, 0) is 4.74 Å². The number of esters is 1. The Hall–Kier alpha value is -0.860. The topological polar surface area (TPSA) is 51.5 Å². The molecular weight excluding hydrogens is 377 g/mol. The van der Waals surface area contributed by atoms with Crippen LogP contribution in [0.5, 0.6) is 0 Å². The molecule has 0 aliphatic carbocycles. The van der Waals surface area contributed by atoms with Gasteiger partial charge in [0.2, 0.25) is 5.76 Å². The summed E-state index contributed by atoms with van der Waals surface area (Å²) >= 11 is 3.97. The van der Waals surface area contributed by atoms with Crippen molar-refractivity contribution in [3.63, 3.8) is 0 Å². The summed E-state index contributed by atoms with van der Waals surface area (Å²) in [5.41, 5.74) is 1.14. The predicted molar refractivity (Wildman–Crippen MR) is 82.6 cm³/mol. The van der Waals surface area contributed by atoms with E-state index in [1.807, 2.05) is 13.0 Å². The van der Waals surface area contributed by atoms with Crippen LogP contribution >= 0.6 is 33.9 Å². The van der Waals surface area contributed by atoms with Gasteiger partial charge in [-0.2, -0.15) is 0 Å². The fourth-order valence-electron chi connectivity index (χ4n) is 1.78. The molecule has 6 heteroatoms. The van der Waals surface area contributed by atoms with Gasteiger partial charge in [-0.15, -0.1) is 11.3 Å². The summed E-state index contributed by atoms with van der Waals surface area (Å²) in [5, 5.41) is 5.45. The number of thiophene rings is 1. The molecule has 0 amide bonds. The number of carbonyl (C=O) groups is 1. The quantitative estimate of drug-likeness (QED) is 0.627. The van der Waals surface area contributed by atoms with Crippen molar-refractivity contribution in [2.45, 2.75) is 13.0 Å². The predicted octanol–water partition coefficient (Wildman–Crippen LogP) is 3.43. The number of hydrogen-bond acceptors (Lipinski definition) is 5. The van der Waals surface area contributed by atoms with Crippen LogP contribution in [0.3, 0.4) is 0 Å². The fourth-order valence-corrected chi connectivity index (χ4v) is 3.18. The molecular formula is C13H14INO3S. The molecule has 102 valence electrons. The van der Waals surface area contributed by atoms with Gasteiger partial charge < -0.3 is 14.5 Å². The number of halogens is 1. The third-order valence-electron chi connectivity index (χ3n) is 2.63. The molecule has 0 saturated heterocycles. The van der Waals surface area contributed by atoms with Gasteiger partial charge in [0.25, 0.3) is 0 Å². The van der Waals surface area contributed by atoms with Gasteiger partial charge in [0.15, 0.2) is 0 Å². The smallest absolute Gasteiger partial charge is 0.373 e. The number of nitrogens with one attached hydrogen (secondary N) is 1. The van der Waals surface area contributed by atoms with Crippen LogP contribution in [0.4, 0.5) is 0 Å². The lowest BCUT2D eigenvalue weighted by atomic mass is 10.1. The maximum atomic E-state index is 11.4. The van der Waals surface area contributed by atoms with E-state index in [0.717, 1.165) is 17.9 Å². The average Bonchev–Trinajstić information content (AvgIpc) is 3.04. The Labute approximate surface area is 129 Å². The zero-order chi connectivity index (χ0) is 13.8. The van der Waals surface area contributed by atoms with Gasteiger partial charge in [-0.05, 0) is 58.3 Å². The Bertz CT molecular complexity index is 564. The second-order valence-electron chi connectivity index (χ2n) is 3.87. The van der Waals surface area contributed by atoms with Crippen molar-refractivity contribution in [2.24, 2.45) is 0 Å². The van der Waals surface area contributed by atoms with Crippen LogP contribution < -0.4 is 5.32 Å². The van der Waals surface area contributed by atoms with Gasteiger partial charge in [0.05, 0.1) is 16.0 Å². The highest BCUT2D eigenvalue weighted by molar-refractivity contribution is 14.1. The van der Waals surface area contributed by atoms with E-state index in [4.69, 9.17) is 4.42 Å². The van der Waals surface area contributed by atoms with E-state index in [-0.39, 0.29) is 11.8 Å². The van der Waals surface area contributed by atoms with Crippen molar-refractivity contribution in [1.82, 2.24) is 5.32 Å². The first-order valence-corrected chi connectivity index (χ1v) is 7.77. The van der Waals surface area contributed by atoms with Crippen LogP contribution in [0.15, 0.2) is 28.0 Å². The Kier molecular flexibility index (Phi) is 5.00. The number of carbonyl (C=O) groups excluding carboxylic acids is 1. The molecule has 2 aromatic rings. The van der Waals surface area contributed by atoms with Crippen LogP contribution in [0.25, 0.3) is 0 Å². The lowest BCUT2D eigenvalue weighted by Gasteiger charge is -2.13. The molecule has 0 spiro atoms. The first-order chi connectivity index (χ1) is 9.15. The minimum Gasteiger partial charge on any atom is -0.463 e. The molecule has 2 aromatic heterocycles. The largest absolute Gasteiger partial charge is 0.463 e. The number of hydrogen-bond donors (Lipinski definition) is 1. The summed E-state index contributed by atoms with van der Waals surface area (Å²) in [6.07, 6.45) is 0. The summed E-state index contributed by atoms with van der Waals surface area (Å²) in [6.45, 7) is 2.85. The Morgan fingerprint density at radius 2 is 2.37 bits per heavy atom. The third kappa shape index (κ3) is 3.37. The Morgan fingerprint density at radius 3 is 2.95 bits per heavy atom. The van der Waals surface area contributed by atoms with Gasteiger partial charge in [0.1, 0.15) is 5.76 Å². The normalized spacial score (nSPS) is 12.4. The molecule has 1 unspecified atom stereocenters. The molecule has 0 fully saturated rings. The van der Waals surface area contributed by atoms with Crippen LogP contribution in [0.1, 0.15) is 34.8 Å². The molecule has 0 aliphatic heterocycles. The molecule has 4 nitrogen and oxygen atoms in total. The van der Waals surface area contributed by atoms with E-state index in [0.29, 0.717) is 0 Å². The minimum absolute atomic E-state index is 0.0387. The first-order valence-electron chi connectivity index (χ1n) is 5.81. The molecule has 0 aromatic carbocycles. The average molecular weight is 391 g/mol. The first kappa shape index (κ1) is 14.5. The minimum atomic E-state index is -0.457. The maximum absolute atomic E-state index is 11.4. The summed E-state index contributed by atoms with van der Waals surface area (Å²) in [6, 6.07) is 5.52. The van der Waals surface area contributed by atoms with E-state index in [2.05, 4.69) is 44.1 Å². The second kappa shape index (κ2) is 6.53. The number of ether oxygens (including phenoxy) is 1. The van der Waals surface area contributed by atoms with Crippen molar-refractivity contribution >= 4 is 39.9 Å². The highest BCUT2D eigenvalue weighted by Crippen LogP contribution is 2.28. The van der Waals surface area contributed by atoms with E-state index in [1.165, 1.54) is 9.99 Å². The van der Waals surface area contributed by atoms with E-state index in [9.17, 15) is 4.79 Å². The van der Waals surface area contributed by atoms with Crippen LogP contribution in [0.2, 0.25) is 0 Å². The van der Waals surface area contributed by atoms with Gasteiger partial charge in [-0.25, -0.2) is 4.79 Å². The summed E-state index contributed by atoms with van der Waals surface area (Å²) in [4.78, 5) is 11.4. The van der Waals surface area contributed by atoms with Gasteiger partial charge in [-0.3, -0.25) is 0 Å². The zero-order valence-corrected chi connectivity index (χ0v) is 13.6. The lowest BCUT2D eigenvalue weighted by molar-refractivity contribution is 0.0562. The molecule has 1 N–H and O–H groups in total. The van der Waals surface area contributed by atoms with E-state index in [1.54, 1.807) is 17.4 Å². The number of methoxy groups -OCH3 is 1. The number of furan rings is 1. The molecule has 2 rings (SSSR count). The highest BCUT2D eigenvalue weighted by Gasteiger charge is 2.20. The van der Waals surface area contributed by atoms with Crippen molar-refractivity contribution in [2.75, 3.05) is 13.7 Å². The lowest BCUT2D eigenvalue weighted by Crippen LogP contribution is -2.21. The highest BCUT2D eigenvalue weighted by atomic mass is 127. The maximum Gasteiger partial charge on any atom is 0.373 e. The van der Waals surface area contributed by atoms with E-state index >= 15 is 0 Å². The van der Waals surface area contributed by atoms with Gasteiger partial charge in [0, 0.05) is 0 Å². The number of rotatable bonds is 5. The molecule has 0 radical (unpaired) electrons. The van der Waals surface area contributed by atoms with Crippen molar-refractivity contribution < 1.29 is 13.9 Å². The SMILES string of the molecule is CCNC(c1csc(I)c1)c1ccc(C(=O)OC)o1. The van der Waals surface area contributed by atoms with Crippen molar-refractivity contribution in [1.29, 1.82) is 0 Å². The van der Waals surface area contributed by atoms with Crippen molar-refractivity contribution in [3.8, 4) is 0 Å². The Balaban J connectivity index is 2.29. The van der Waals surface area contributed by atoms with Gasteiger partial charge >= 0.3 is 5.97 Å². The van der Waals surface area contributed by atoms with Gasteiger partial charge in [-0.1, -0.05) is 6.92 Å². The summed E-state index contributed by atoms with van der Waals surface area (Å²) in [5.74, 6) is 0.489. The molecule has 0 aliphatic rings. The second-order valence-corrected chi connectivity index (χ2v) is 6.67. The third-order valence-corrected chi connectivity index (χ3v) is 4.43. The molecule has 0 bridgehead atoms. The zero-order valence-electron chi connectivity index (χ0n) is 10.6. The van der Waals surface area contributed by atoms with Crippen molar-refractivity contribution in [3.05, 3.63) is 43.5 Å². The monoisotopic (exact) mass is 391 g/mol. The summed E-state index contributed by atoms with van der Waals surface area (Å²) < 4.78 is 11.4. The molecule has 0 saturated carbocycles. The molecule has 2 heterocycles. The van der Waals surface area contributed by atoms with Crippen LogP contribution in [0, 0.1) is 2.88 Å². The Morgan fingerprint density at radius 1 is 1.58 bits per heavy atom.